The van der Waals surface area contributed by atoms with Crippen molar-refractivity contribution in [3.63, 3.8) is 0 Å². The zero-order valence-electron chi connectivity index (χ0n) is 14.1. The number of hydrogen-bond donors (Lipinski definition) is 1. The van der Waals surface area contributed by atoms with Crippen molar-refractivity contribution in [1.29, 1.82) is 0 Å². The highest BCUT2D eigenvalue weighted by atomic mass is 32.2. The minimum atomic E-state index is -3.71. The van der Waals surface area contributed by atoms with Crippen LogP contribution in [0.3, 0.4) is 0 Å². The Hall–Kier alpha value is -2.65. The molecule has 25 heavy (non-hydrogen) atoms. The zero-order valence-corrected chi connectivity index (χ0v) is 14.9. The Morgan fingerprint density at radius 2 is 1.76 bits per heavy atom. The van der Waals surface area contributed by atoms with E-state index in [-0.39, 0.29) is 22.9 Å². The first-order valence-corrected chi connectivity index (χ1v) is 8.78. The number of para-hydroxylation sites is 1. The van der Waals surface area contributed by atoms with Gasteiger partial charge in [-0.25, -0.2) is 12.7 Å². The molecule has 0 saturated carbocycles. The molecule has 0 unspecified atom stereocenters. The molecule has 1 N–H and O–H groups in total. The van der Waals surface area contributed by atoms with E-state index in [1.165, 1.54) is 50.5 Å². The first kappa shape index (κ1) is 18.7. The van der Waals surface area contributed by atoms with Crippen molar-refractivity contribution in [2.45, 2.75) is 4.90 Å². The quantitative estimate of drug-likeness (QED) is 0.830. The molecular weight excluding hydrogens is 346 g/mol. The molecule has 1 aromatic heterocycles. The van der Waals surface area contributed by atoms with Crippen molar-refractivity contribution in [3.05, 3.63) is 48.4 Å². The van der Waals surface area contributed by atoms with Crippen LogP contribution in [-0.4, -0.2) is 57.1 Å². The Bertz CT molecular complexity index is 860. The summed E-state index contributed by atoms with van der Waals surface area (Å²) in [4.78, 5) is 25.4. The molecule has 2 amide bonds. The summed E-state index contributed by atoms with van der Waals surface area (Å²) in [6.07, 6.45) is 1.36. The van der Waals surface area contributed by atoms with Crippen molar-refractivity contribution >= 4 is 27.5 Å². The van der Waals surface area contributed by atoms with E-state index in [0.717, 1.165) is 4.31 Å². The van der Waals surface area contributed by atoms with Crippen molar-refractivity contribution in [2.75, 3.05) is 33.0 Å². The second kappa shape index (κ2) is 7.49. The van der Waals surface area contributed by atoms with Crippen molar-refractivity contribution in [1.82, 2.24) is 9.21 Å². The average Bonchev–Trinajstić information content (AvgIpc) is 3.08. The monoisotopic (exact) mass is 365 g/mol. The largest absolute Gasteiger partial charge is 0.459 e. The van der Waals surface area contributed by atoms with Crippen LogP contribution >= 0.6 is 0 Å². The van der Waals surface area contributed by atoms with Gasteiger partial charge in [0.05, 0.1) is 18.5 Å². The summed E-state index contributed by atoms with van der Waals surface area (Å²) in [6.45, 7) is -0.254. The first-order chi connectivity index (χ1) is 11.7. The van der Waals surface area contributed by atoms with Gasteiger partial charge in [0.25, 0.3) is 5.91 Å². The molecule has 0 atom stereocenters. The lowest BCUT2D eigenvalue weighted by Crippen LogP contribution is -2.35. The standard InChI is InChI=1S/C16H19N3O5S/c1-18(2)25(22,23)14-9-5-4-7-12(14)17-15(20)11-19(3)16(21)13-8-6-10-24-13/h4-10H,11H2,1-3H3,(H,17,20). The van der Waals surface area contributed by atoms with E-state index in [1.807, 2.05) is 0 Å². The molecule has 0 aliphatic rings. The van der Waals surface area contributed by atoms with Gasteiger partial charge in [-0.3, -0.25) is 9.59 Å². The summed E-state index contributed by atoms with van der Waals surface area (Å²) in [5, 5.41) is 2.53. The van der Waals surface area contributed by atoms with Crippen LogP contribution in [0.4, 0.5) is 5.69 Å². The lowest BCUT2D eigenvalue weighted by molar-refractivity contribution is -0.116. The minimum Gasteiger partial charge on any atom is -0.459 e. The highest BCUT2D eigenvalue weighted by Crippen LogP contribution is 2.23. The maximum absolute atomic E-state index is 12.3. The molecule has 8 nitrogen and oxygen atoms in total. The molecule has 0 saturated heterocycles. The van der Waals surface area contributed by atoms with E-state index in [2.05, 4.69) is 5.32 Å². The summed E-state index contributed by atoms with van der Waals surface area (Å²) in [7, 11) is 0.554. The van der Waals surface area contributed by atoms with Gasteiger partial charge in [-0.15, -0.1) is 0 Å². The van der Waals surface area contributed by atoms with Gasteiger partial charge in [-0.05, 0) is 24.3 Å². The molecule has 9 heteroatoms. The number of sulfonamides is 1. The molecule has 134 valence electrons. The van der Waals surface area contributed by atoms with Crippen LogP contribution < -0.4 is 5.32 Å². The predicted molar refractivity (Wildman–Crippen MR) is 91.6 cm³/mol. The predicted octanol–water partition coefficient (Wildman–Crippen LogP) is 1.24. The van der Waals surface area contributed by atoms with E-state index in [4.69, 9.17) is 4.42 Å². The van der Waals surface area contributed by atoms with E-state index < -0.39 is 21.8 Å². The number of likely N-dealkylation sites (N-methyl/N-ethyl adjacent to an activating group) is 1. The molecule has 1 heterocycles. The van der Waals surface area contributed by atoms with Crippen molar-refractivity contribution in [2.24, 2.45) is 0 Å². The fourth-order valence-electron chi connectivity index (χ4n) is 2.06. The SMILES string of the molecule is CN(CC(=O)Nc1ccccc1S(=O)(=O)N(C)C)C(=O)c1ccco1. The van der Waals surface area contributed by atoms with Crippen LogP contribution in [0.1, 0.15) is 10.6 Å². The molecule has 0 aliphatic carbocycles. The Labute approximate surface area is 146 Å². The Morgan fingerprint density at radius 1 is 1.08 bits per heavy atom. The van der Waals surface area contributed by atoms with Crippen molar-refractivity contribution < 1.29 is 22.4 Å². The van der Waals surface area contributed by atoms with E-state index in [9.17, 15) is 18.0 Å². The van der Waals surface area contributed by atoms with Crippen LogP contribution in [0.25, 0.3) is 0 Å². The highest BCUT2D eigenvalue weighted by molar-refractivity contribution is 7.89. The molecule has 0 bridgehead atoms. The fraction of sp³-hybridized carbons (Fsp3) is 0.250. The van der Waals surface area contributed by atoms with Gasteiger partial charge in [0.2, 0.25) is 15.9 Å². The summed E-state index contributed by atoms with van der Waals surface area (Å²) in [5.41, 5.74) is 0.153. The van der Waals surface area contributed by atoms with Gasteiger partial charge in [0, 0.05) is 21.1 Å². The second-order valence-corrected chi connectivity index (χ2v) is 7.59. The highest BCUT2D eigenvalue weighted by Gasteiger charge is 2.23. The molecule has 0 aliphatic heterocycles. The zero-order chi connectivity index (χ0) is 18.6. The number of rotatable bonds is 6. The molecule has 2 rings (SSSR count). The number of amides is 2. The maximum Gasteiger partial charge on any atom is 0.289 e. The molecular formula is C16H19N3O5S. The summed E-state index contributed by atoms with van der Waals surface area (Å²) >= 11 is 0. The third-order valence-corrected chi connectivity index (χ3v) is 5.25. The van der Waals surface area contributed by atoms with Gasteiger partial charge in [-0.2, -0.15) is 0 Å². The average molecular weight is 365 g/mol. The Kier molecular flexibility index (Phi) is 5.60. The fourth-order valence-corrected chi connectivity index (χ4v) is 3.10. The molecule has 0 fully saturated rings. The number of carbonyl (C=O) groups is 2. The molecule has 2 aromatic rings. The number of hydrogen-bond acceptors (Lipinski definition) is 5. The second-order valence-electron chi connectivity index (χ2n) is 5.47. The number of benzene rings is 1. The number of anilines is 1. The Morgan fingerprint density at radius 3 is 2.36 bits per heavy atom. The van der Waals surface area contributed by atoms with Gasteiger partial charge in [0.15, 0.2) is 5.76 Å². The molecule has 1 aromatic carbocycles. The summed E-state index contributed by atoms with van der Waals surface area (Å²) in [6, 6.07) is 9.14. The van der Waals surface area contributed by atoms with Gasteiger partial charge in [0.1, 0.15) is 4.90 Å². The van der Waals surface area contributed by atoms with Gasteiger partial charge in [-0.1, -0.05) is 12.1 Å². The number of nitrogens with one attached hydrogen (secondary N) is 1. The lowest BCUT2D eigenvalue weighted by atomic mass is 10.3. The van der Waals surface area contributed by atoms with Gasteiger partial charge >= 0.3 is 0 Å². The maximum atomic E-state index is 12.3. The topological polar surface area (TPSA) is 99.9 Å². The van der Waals surface area contributed by atoms with Crippen LogP contribution in [0.2, 0.25) is 0 Å². The lowest BCUT2D eigenvalue weighted by Gasteiger charge is -2.18. The van der Waals surface area contributed by atoms with Crippen LogP contribution in [0, 0.1) is 0 Å². The Balaban J connectivity index is 2.13. The first-order valence-electron chi connectivity index (χ1n) is 7.34. The van der Waals surface area contributed by atoms with Crippen molar-refractivity contribution in [3.8, 4) is 0 Å². The van der Waals surface area contributed by atoms with E-state index >= 15 is 0 Å². The molecule has 0 spiro atoms. The number of furan rings is 1. The summed E-state index contributed by atoms with van der Waals surface area (Å²) in [5.74, 6) is -0.857. The van der Waals surface area contributed by atoms with E-state index in [0.29, 0.717) is 0 Å². The molecule has 0 radical (unpaired) electrons. The number of carbonyl (C=O) groups excluding carboxylic acids is 2. The third-order valence-electron chi connectivity index (χ3n) is 3.38. The van der Waals surface area contributed by atoms with Crippen LogP contribution in [-0.2, 0) is 14.8 Å². The van der Waals surface area contributed by atoms with Crippen LogP contribution in [0.15, 0.2) is 52.0 Å². The van der Waals surface area contributed by atoms with Crippen LogP contribution in [0.5, 0.6) is 0 Å². The normalized spacial score (nSPS) is 11.4. The third kappa shape index (κ3) is 4.25. The van der Waals surface area contributed by atoms with Gasteiger partial charge < -0.3 is 14.6 Å². The smallest absolute Gasteiger partial charge is 0.289 e. The summed E-state index contributed by atoms with van der Waals surface area (Å²) < 4.78 is 30.7. The number of nitrogens with zero attached hydrogens (tertiary/aromatic N) is 2. The minimum absolute atomic E-state index is 0.0200. The van der Waals surface area contributed by atoms with E-state index in [1.54, 1.807) is 18.2 Å².